The van der Waals surface area contributed by atoms with Crippen LogP contribution in [0.4, 0.5) is 5.69 Å². The van der Waals surface area contributed by atoms with Gasteiger partial charge in [-0.25, -0.2) is 0 Å². The van der Waals surface area contributed by atoms with Gasteiger partial charge in [-0.15, -0.1) is 0 Å². The highest BCUT2D eigenvalue weighted by Gasteiger charge is 2.21. The van der Waals surface area contributed by atoms with Crippen LogP contribution in [-0.2, 0) is 9.59 Å². The summed E-state index contributed by atoms with van der Waals surface area (Å²) >= 11 is 0. The Morgan fingerprint density at radius 1 is 0.968 bits per heavy atom. The molecule has 0 aromatic heterocycles. The van der Waals surface area contributed by atoms with Crippen molar-refractivity contribution in [3.8, 4) is 0 Å². The number of nitrogens with zero attached hydrogens (tertiary/aromatic N) is 3. The molecular weight excluding hydrogens is 388 g/mol. The van der Waals surface area contributed by atoms with Crippen LogP contribution in [0.1, 0.15) is 11.1 Å². The molecule has 1 N–H and O–H groups in total. The highest BCUT2D eigenvalue weighted by atomic mass is 16.2. The van der Waals surface area contributed by atoms with Crippen LogP contribution in [-0.4, -0.2) is 79.4 Å². The molecule has 0 unspecified atom stereocenters. The van der Waals surface area contributed by atoms with E-state index in [4.69, 9.17) is 0 Å². The molecule has 0 radical (unpaired) electrons. The molecule has 0 aliphatic carbocycles. The first-order valence-corrected chi connectivity index (χ1v) is 10.8. The van der Waals surface area contributed by atoms with Crippen LogP contribution in [0.5, 0.6) is 0 Å². The lowest BCUT2D eigenvalue weighted by molar-refractivity contribution is -0.134. The fraction of sp³-hybridized carbons (Fsp3) is 0.360. The van der Waals surface area contributed by atoms with Gasteiger partial charge in [0.1, 0.15) is 0 Å². The topological polar surface area (TPSA) is 55.9 Å². The lowest BCUT2D eigenvalue weighted by Gasteiger charge is -2.35. The van der Waals surface area contributed by atoms with Crippen molar-refractivity contribution in [3.63, 3.8) is 0 Å². The fourth-order valence-electron chi connectivity index (χ4n) is 3.55. The second-order valence-corrected chi connectivity index (χ2v) is 8.08. The number of hydrogen-bond donors (Lipinski definition) is 1. The minimum atomic E-state index is -0.117. The summed E-state index contributed by atoms with van der Waals surface area (Å²) in [5.74, 6) is -0.0423. The van der Waals surface area contributed by atoms with E-state index in [2.05, 4.69) is 34.5 Å². The van der Waals surface area contributed by atoms with Gasteiger partial charge in [-0.1, -0.05) is 60.2 Å². The summed E-state index contributed by atoms with van der Waals surface area (Å²) in [6.45, 7) is 6.50. The molecule has 1 heterocycles. The molecule has 0 spiro atoms. The number of likely N-dealkylation sites (N-methyl/N-ethyl adjacent to an activating group) is 1. The van der Waals surface area contributed by atoms with E-state index in [1.165, 1.54) is 5.56 Å². The van der Waals surface area contributed by atoms with Crippen molar-refractivity contribution < 1.29 is 9.59 Å². The summed E-state index contributed by atoms with van der Waals surface area (Å²) in [5, 5.41) is 2.87. The zero-order valence-electron chi connectivity index (χ0n) is 18.5. The average molecular weight is 421 g/mol. The fourth-order valence-corrected chi connectivity index (χ4v) is 3.55. The smallest absolute Gasteiger partial charge is 0.238 e. The molecule has 6 nitrogen and oxygen atoms in total. The predicted octanol–water partition coefficient (Wildman–Crippen LogP) is 2.72. The molecular formula is C25H32N4O2. The number of benzene rings is 2. The van der Waals surface area contributed by atoms with Gasteiger partial charge in [-0.2, -0.15) is 0 Å². The van der Waals surface area contributed by atoms with Crippen LogP contribution in [0.15, 0.2) is 60.7 Å². The van der Waals surface area contributed by atoms with Crippen molar-refractivity contribution in [3.05, 3.63) is 71.8 Å². The number of amides is 2. The van der Waals surface area contributed by atoms with Gasteiger partial charge in [0, 0.05) is 38.4 Å². The second-order valence-electron chi connectivity index (χ2n) is 8.08. The first-order valence-electron chi connectivity index (χ1n) is 10.8. The van der Waals surface area contributed by atoms with E-state index in [1.807, 2.05) is 54.3 Å². The number of anilines is 1. The molecule has 2 aromatic rings. The van der Waals surface area contributed by atoms with E-state index in [0.29, 0.717) is 0 Å². The lowest BCUT2D eigenvalue weighted by atomic mass is 10.2. The molecule has 1 fully saturated rings. The summed E-state index contributed by atoms with van der Waals surface area (Å²) in [6.07, 6.45) is 4.31. The van der Waals surface area contributed by atoms with Crippen LogP contribution in [0.3, 0.4) is 0 Å². The first kappa shape index (κ1) is 22.7. The molecule has 0 saturated carbocycles. The quantitative estimate of drug-likeness (QED) is 0.714. The number of nitrogens with one attached hydrogen (secondary N) is 1. The molecule has 31 heavy (non-hydrogen) atoms. The van der Waals surface area contributed by atoms with Crippen molar-refractivity contribution >= 4 is 23.6 Å². The summed E-state index contributed by atoms with van der Waals surface area (Å²) in [5.41, 5.74) is 3.12. The largest absolute Gasteiger partial charge is 0.339 e. The van der Waals surface area contributed by atoms with Gasteiger partial charge >= 0.3 is 0 Å². The molecule has 6 heteroatoms. The summed E-state index contributed by atoms with van der Waals surface area (Å²) in [6, 6.07) is 17.9. The number of rotatable bonds is 8. The lowest BCUT2D eigenvalue weighted by Crippen LogP contribution is -2.51. The number of carbonyl (C=O) groups is 2. The molecule has 0 bridgehead atoms. The normalized spacial score (nSPS) is 14.9. The zero-order valence-corrected chi connectivity index (χ0v) is 18.5. The van der Waals surface area contributed by atoms with E-state index in [0.717, 1.165) is 44.0 Å². The van der Waals surface area contributed by atoms with Crippen LogP contribution in [0, 0.1) is 6.92 Å². The summed E-state index contributed by atoms with van der Waals surface area (Å²) in [4.78, 5) is 30.8. The number of aryl methyl sites for hydroxylation is 1. The van der Waals surface area contributed by atoms with E-state index < -0.39 is 0 Å². The Labute approximate surface area is 185 Å². The average Bonchev–Trinajstić information content (AvgIpc) is 2.76. The molecule has 164 valence electrons. The summed E-state index contributed by atoms with van der Waals surface area (Å²) < 4.78 is 0. The maximum Gasteiger partial charge on any atom is 0.238 e. The Bertz CT molecular complexity index is 872. The van der Waals surface area contributed by atoms with Crippen LogP contribution < -0.4 is 5.32 Å². The Balaban J connectivity index is 1.35. The third-order valence-corrected chi connectivity index (χ3v) is 5.35. The predicted molar refractivity (Wildman–Crippen MR) is 126 cm³/mol. The van der Waals surface area contributed by atoms with Gasteiger partial charge in [0.25, 0.3) is 0 Å². The third kappa shape index (κ3) is 7.66. The third-order valence-electron chi connectivity index (χ3n) is 5.35. The molecule has 1 aliphatic heterocycles. The van der Waals surface area contributed by atoms with Crippen molar-refractivity contribution in [2.75, 3.05) is 58.2 Å². The molecule has 3 rings (SSSR count). The maximum absolute atomic E-state index is 12.6. The highest BCUT2D eigenvalue weighted by Crippen LogP contribution is 2.09. The van der Waals surface area contributed by atoms with Crippen molar-refractivity contribution in [1.29, 1.82) is 0 Å². The minimum absolute atomic E-state index is 0.0742. The molecule has 2 amide bonds. The van der Waals surface area contributed by atoms with Gasteiger partial charge in [-0.3, -0.25) is 19.4 Å². The van der Waals surface area contributed by atoms with Crippen molar-refractivity contribution in [2.45, 2.75) is 6.92 Å². The SMILES string of the molecule is Cc1ccc(NC(=O)CN(C)CC(=O)N2CCN(C/C=C/c3ccccc3)CC2)cc1. The van der Waals surface area contributed by atoms with Gasteiger partial charge in [0.2, 0.25) is 11.8 Å². The van der Waals surface area contributed by atoms with E-state index in [1.54, 1.807) is 11.9 Å². The second kappa shape index (κ2) is 11.4. The zero-order chi connectivity index (χ0) is 22.1. The van der Waals surface area contributed by atoms with Crippen molar-refractivity contribution in [2.24, 2.45) is 0 Å². The molecule has 0 atom stereocenters. The standard InChI is InChI=1S/C25H32N4O2/c1-21-10-12-23(13-11-21)26-24(30)19-27(2)20-25(31)29-17-15-28(16-18-29)14-6-9-22-7-4-3-5-8-22/h3-13H,14-20H2,1-2H3,(H,26,30)/b9-6+. The Kier molecular flexibility index (Phi) is 8.38. The first-order chi connectivity index (χ1) is 15.0. The molecule has 1 aliphatic rings. The Morgan fingerprint density at radius 3 is 2.32 bits per heavy atom. The molecule has 2 aromatic carbocycles. The van der Waals surface area contributed by atoms with Crippen molar-refractivity contribution in [1.82, 2.24) is 14.7 Å². The van der Waals surface area contributed by atoms with Gasteiger partial charge in [-0.05, 0) is 31.7 Å². The van der Waals surface area contributed by atoms with Crippen LogP contribution in [0.2, 0.25) is 0 Å². The minimum Gasteiger partial charge on any atom is -0.339 e. The Hall–Kier alpha value is -2.96. The number of hydrogen-bond acceptors (Lipinski definition) is 4. The van der Waals surface area contributed by atoms with E-state index in [-0.39, 0.29) is 24.9 Å². The maximum atomic E-state index is 12.6. The van der Waals surface area contributed by atoms with Crippen LogP contribution >= 0.6 is 0 Å². The summed E-state index contributed by atoms with van der Waals surface area (Å²) in [7, 11) is 1.80. The number of carbonyl (C=O) groups excluding carboxylic acids is 2. The highest BCUT2D eigenvalue weighted by molar-refractivity contribution is 5.92. The van der Waals surface area contributed by atoms with E-state index >= 15 is 0 Å². The molecule has 1 saturated heterocycles. The van der Waals surface area contributed by atoms with Gasteiger partial charge in [0.15, 0.2) is 0 Å². The monoisotopic (exact) mass is 420 g/mol. The van der Waals surface area contributed by atoms with Gasteiger partial charge in [0.05, 0.1) is 13.1 Å². The van der Waals surface area contributed by atoms with Gasteiger partial charge < -0.3 is 10.2 Å². The Morgan fingerprint density at radius 2 is 1.65 bits per heavy atom. The van der Waals surface area contributed by atoms with Crippen LogP contribution in [0.25, 0.3) is 6.08 Å². The number of piperazine rings is 1. The van der Waals surface area contributed by atoms with E-state index in [9.17, 15) is 9.59 Å².